The average molecular weight is 229 g/mol. The van der Waals surface area contributed by atoms with Crippen LogP contribution in [0.4, 0.5) is 4.79 Å². The molecule has 1 aliphatic rings. The van der Waals surface area contributed by atoms with E-state index in [0.29, 0.717) is 6.61 Å². The Bertz CT molecular complexity index is 278. The molecule has 1 amide bonds. The molecule has 0 spiro atoms. The first kappa shape index (κ1) is 12.5. The Balaban J connectivity index is 2.41. The summed E-state index contributed by atoms with van der Waals surface area (Å²) in [5, 5.41) is 2.50. The predicted octanol–water partition coefficient (Wildman–Crippen LogP) is 0.577. The van der Waals surface area contributed by atoms with Crippen molar-refractivity contribution in [2.45, 2.75) is 25.7 Å². The van der Waals surface area contributed by atoms with Crippen molar-refractivity contribution in [3.63, 3.8) is 0 Å². The molecule has 1 heterocycles. The minimum absolute atomic E-state index is 0.0911. The molecule has 0 saturated carbocycles. The lowest BCUT2D eigenvalue weighted by atomic mass is 10.2. The second-order valence-electron chi connectivity index (χ2n) is 3.16. The summed E-state index contributed by atoms with van der Waals surface area (Å²) in [6, 6.07) is -0.496. The van der Waals surface area contributed by atoms with Crippen LogP contribution in [0.25, 0.3) is 0 Å². The summed E-state index contributed by atoms with van der Waals surface area (Å²) in [5.74, 6) is -0.396. The molecule has 1 N–H and O–H groups in total. The van der Waals surface area contributed by atoms with Gasteiger partial charge in [-0.25, -0.2) is 4.79 Å². The molecule has 2 unspecified atom stereocenters. The molecular formula is C10H15NO5. The smallest absolute Gasteiger partial charge is 0.407 e. The fraction of sp³-hybridized carbons (Fsp3) is 0.600. The summed E-state index contributed by atoms with van der Waals surface area (Å²) in [7, 11) is 0. The maximum Gasteiger partial charge on any atom is 0.407 e. The van der Waals surface area contributed by atoms with Crippen molar-refractivity contribution in [2.75, 3.05) is 13.2 Å². The number of ether oxygens (including phenoxy) is 3. The zero-order valence-electron chi connectivity index (χ0n) is 9.10. The quantitative estimate of drug-likeness (QED) is 0.551. The van der Waals surface area contributed by atoms with Gasteiger partial charge in [-0.15, -0.1) is 0 Å². The van der Waals surface area contributed by atoms with Crippen LogP contribution in [0.2, 0.25) is 0 Å². The molecule has 0 bridgehead atoms. The fourth-order valence-electron chi connectivity index (χ4n) is 1.30. The highest BCUT2D eigenvalue weighted by molar-refractivity contribution is 5.75. The first-order valence-corrected chi connectivity index (χ1v) is 5.02. The minimum atomic E-state index is -0.728. The lowest BCUT2D eigenvalue weighted by Gasteiger charge is -2.17. The monoisotopic (exact) mass is 229 g/mol. The van der Waals surface area contributed by atoms with Gasteiger partial charge in [-0.2, -0.15) is 0 Å². The molecule has 1 aliphatic heterocycles. The summed E-state index contributed by atoms with van der Waals surface area (Å²) < 4.78 is 14.8. The number of nitrogens with one attached hydrogen (secondary N) is 1. The van der Waals surface area contributed by atoms with Crippen LogP contribution >= 0.6 is 0 Å². The van der Waals surface area contributed by atoms with E-state index in [2.05, 4.69) is 11.9 Å². The van der Waals surface area contributed by atoms with Crippen LogP contribution in [0, 0.1) is 0 Å². The maximum absolute atomic E-state index is 11.2. The van der Waals surface area contributed by atoms with Crippen LogP contribution in [0.15, 0.2) is 12.7 Å². The van der Waals surface area contributed by atoms with E-state index < -0.39 is 24.4 Å². The van der Waals surface area contributed by atoms with Gasteiger partial charge in [-0.05, 0) is 6.92 Å². The number of hydrogen-bond acceptors (Lipinski definition) is 5. The number of alkyl carbamates (subject to hydrolysis) is 1. The van der Waals surface area contributed by atoms with Gasteiger partial charge in [0.2, 0.25) is 6.29 Å². The largest absolute Gasteiger partial charge is 0.445 e. The minimum Gasteiger partial charge on any atom is -0.445 e. The molecule has 90 valence electrons. The molecule has 0 aromatic rings. The van der Waals surface area contributed by atoms with Crippen LogP contribution in [0.5, 0.6) is 0 Å². The molecule has 1 rings (SSSR count). The highest BCUT2D eigenvalue weighted by atomic mass is 16.7. The number of carbonyl (C=O) groups is 2. The second-order valence-corrected chi connectivity index (χ2v) is 3.16. The summed E-state index contributed by atoms with van der Waals surface area (Å²) in [6.45, 7) is 5.71. The van der Waals surface area contributed by atoms with Gasteiger partial charge in [-0.1, -0.05) is 12.7 Å². The molecule has 6 nitrogen and oxygen atoms in total. The molecule has 6 heteroatoms. The van der Waals surface area contributed by atoms with Crippen molar-refractivity contribution in [1.82, 2.24) is 5.32 Å². The van der Waals surface area contributed by atoms with Gasteiger partial charge in [0.15, 0.2) is 0 Å². The molecule has 1 fully saturated rings. The van der Waals surface area contributed by atoms with Crippen LogP contribution in [0.1, 0.15) is 13.3 Å². The molecule has 0 aromatic carbocycles. The average Bonchev–Trinajstić information content (AvgIpc) is 2.56. The molecule has 0 aromatic heterocycles. The predicted molar refractivity (Wildman–Crippen MR) is 54.6 cm³/mol. The van der Waals surface area contributed by atoms with E-state index in [1.54, 1.807) is 6.92 Å². The van der Waals surface area contributed by atoms with Gasteiger partial charge in [-0.3, -0.25) is 4.79 Å². The van der Waals surface area contributed by atoms with E-state index in [9.17, 15) is 9.59 Å². The third-order valence-electron chi connectivity index (χ3n) is 1.93. The normalized spacial score (nSPS) is 23.7. The van der Waals surface area contributed by atoms with Crippen molar-refractivity contribution >= 4 is 12.1 Å². The Morgan fingerprint density at radius 1 is 1.75 bits per heavy atom. The Morgan fingerprint density at radius 2 is 2.50 bits per heavy atom. The van der Waals surface area contributed by atoms with Gasteiger partial charge in [0.1, 0.15) is 12.6 Å². The third kappa shape index (κ3) is 3.54. The van der Waals surface area contributed by atoms with Crippen LogP contribution in [0.3, 0.4) is 0 Å². The van der Waals surface area contributed by atoms with Crippen molar-refractivity contribution in [3.8, 4) is 0 Å². The zero-order chi connectivity index (χ0) is 12.0. The number of cyclic esters (lactones) is 1. The molecule has 1 saturated heterocycles. The van der Waals surface area contributed by atoms with Crippen LogP contribution < -0.4 is 5.32 Å². The van der Waals surface area contributed by atoms with Crippen molar-refractivity contribution < 1.29 is 23.8 Å². The number of esters is 1. The van der Waals surface area contributed by atoms with E-state index in [1.165, 1.54) is 6.08 Å². The second kappa shape index (κ2) is 6.12. The standard InChI is InChI=1S/C10H15NO5/c1-3-5-15-10(13)11-7-6-8(12)16-9(7)14-4-2/h3,7,9H,1,4-6H2,2H3,(H,11,13). The number of hydrogen-bond donors (Lipinski definition) is 1. The van der Waals surface area contributed by atoms with E-state index in [1.807, 2.05) is 0 Å². The fourth-order valence-corrected chi connectivity index (χ4v) is 1.30. The topological polar surface area (TPSA) is 73.9 Å². The number of amides is 1. The number of rotatable bonds is 5. The van der Waals surface area contributed by atoms with Crippen LogP contribution in [-0.2, 0) is 19.0 Å². The van der Waals surface area contributed by atoms with E-state index in [4.69, 9.17) is 14.2 Å². The highest BCUT2D eigenvalue weighted by Crippen LogP contribution is 2.16. The Labute approximate surface area is 93.5 Å². The van der Waals surface area contributed by atoms with E-state index in [0.717, 1.165) is 0 Å². The summed E-state index contributed by atoms with van der Waals surface area (Å²) >= 11 is 0. The summed E-state index contributed by atoms with van der Waals surface area (Å²) in [4.78, 5) is 22.2. The molecular weight excluding hydrogens is 214 g/mol. The first-order valence-electron chi connectivity index (χ1n) is 5.02. The van der Waals surface area contributed by atoms with E-state index in [-0.39, 0.29) is 13.0 Å². The Hall–Kier alpha value is -1.56. The van der Waals surface area contributed by atoms with Crippen molar-refractivity contribution in [1.29, 1.82) is 0 Å². The molecule has 0 radical (unpaired) electrons. The Morgan fingerprint density at radius 3 is 3.12 bits per heavy atom. The highest BCUT2D eigenvalue weighted by Gasteiger charge is 2.36. The lowest BCUT2D eigenvalue weighted by molar-refractivity contribution is -0.163. The maximum atomic E-state index is 11.2. The summed E-state index contributed by atoms with van der Waals surface area (Å²) in [6.07, 6.45) is 0.200. The van der Waals surface area contributed by atoms with E-state index >= 15 is 0 Å². The molecule has 2 atom stereocenters. The SMILES string of the molecule is C=CCOC(=O)NC1CC(=O)OC1OCC. The van der Waals surface area contributed by atoms with Crippen LogP contribution in [-0.4, -0.2) is 37.6 Å². The zero-order valence-corrected chi connectivity index (χ0v) is 9.10. The molecule has 0 aliphatic carbocycles. The lowest BCUT2D eigenvalue weighted by Crippen LogP contribution is -2.41. The van der Waals surface area contributed by atoms with Crippen molar-refractivity contribution in [2.24, 2.45) is 0 Å². The van der Waals surface area contributed by atoms with Gasteiger partial charge in [0.25, 0.3) is 0 Å². The molecule has 16 heavy (non-hydrogen) atoms. The van der Waals surface area contributed by atoms with Gasteiger partial charge in [0, 0.05) is 6.61 Å². The van der Waals surface area contributed by atoms with Gasteiger partial charge in [0.05, 0.1) is 6.42 Å². The van der Waals surface area contributed by atoms with Gasteiger partial charge < -0.3 is 19.5 Å². The van der Waals surface area contributed by atoms with Gasteiger partial charge >= 0.3 is 12.1 Å². The Kier molecular flexibility index (Phi) is 4.78. The van der Waals surface area contributed by atoms with Crippen molar-refractivity contribution in [3.05, 3.63) is 12.7 Å². The summed E-state index contributed by atoms with van der Waals surface area (Å²) in [5.41, 5.74) is 0. The number of carbonyl (C=O) groups excluding carboxylic acids is 2. The first-order chi connectivity index (χ1) is 7.67. The third-order valence-corrected chi connectivity index (χ3v) is 1.93.